The van der Waals surface area contributed by atoms with Crippen LogP contribution < -0.4 is 4.74 Å². The Morgan fingerprint density at radius 1 is 1.32 bits per heavy atom. The third kappa shape index (κ3) is 5.68. The molecule has 106 valence electrons. The van der Waals surface area contributed by atoms with Crippen LogP contribution in [0.25, 0.3) is 0 Å². The van der Waals surface area contributed by atoms with Gasteiger partial charge in [-0.2, -0.15) is 0 Å². The first-order valence-electron chi connectivity index (χ1n) is 5.85. The van der Waals surface area contributed by atoms with Crippen molar-refractivity contribution in [2.45, 2.75) is 6.42 Å². The minimum Gasteiger partial charge on any atom is -0.484 e. The van der Waals surface area contributed by atoms with Crippen LogP contribution in [-0.2, 0) is 9.53 Å². The van der Waals surface area contributed by atoms with E-state index in [9.17, 15) is 4.79 Å². The van der Waals surface area contributed by atoms with E-state index in [4.69, 9.17) is 32.7 Å². The van der Waals surface area contributed by atoms with Gasteiger partial charge in [0, 0.05) is 33.4 Å². The van der Waals surface area contributed by atoms with Crippen LogP contribution in [0.1, 0.15) is 6.42 Å². The van der Waals surface area contributed by atoms with Crippen molar-refractivity contribution in [3.63, 3.8) is 0 Å². The molecular formula is C13H17Cl2NO3. The summed E-state index contributed by atoms with van der Waals surface area (Å²) in [5, 5.41) is 0.858. The molecular weight excluding hydrogens is 289 g/mol. The predicted molar refractivity (Wildman–Crippen MR) is 76.1 cm³/mol. The second kappa shape index (κ2) is 8.25. The normalized spacial score (nSPS) is 10.3. The van der Waals surface area contributed by atoms with Gasteiger partial charge in [-0.1, -0.05) is 23.2 Å². The number of ether oxygens (including phenoxy) is 2. The molecule has 0 N–H and O–H groups in total. The van der Waals surface area contributed by atoms with Crippen molar-refractivity contribution in [3.8, 4) is 5.75 Å². The number of likely N-dealkylation sites (N-methyl/N-ethyl adjacent to an activating group) is 1. The summed E-state index contributed by atoms with van der Waals surface area (Å²) in [6.07, 6.45) is 0.797. The number of carbonyl (C=O) groups excluding carboxylic acids is 1. The Morgan fingerprint density at radius 2 is 2.05 bits per heavy atom. The molecule has 0 radical (unpaired) electrons. The van der Waals surface area contributed by atoms with E-state index in [0.717, 1.165) is 6.42 Å². The largest absolute Gasteiger partial charge is 0.484 e. The fourth-order valence-electron chi connectivity index (χ4n) is 1.39. The molecule has 4 nitrogen and oxygen atoms in total. The summed E-state index contributed by atoms with van der Waals surface area (Å²) in [5.41, 5.74) is 0. The van der Waals surface area contributed by atoms with E-state index in [-0.39, 0.29) is 12.5 Å². The maximum absolute atomic E-state index is 11.8. The highest BCUT2D eigenvalue weighted by molar-refractivity contribution is 6.42. The number of rotatable bonds is 7. The van der Waals surface area contributed by atoms with Crippen LogP contribution in [0, 0.1) is 0 Å². The zero-order valence-electron chi connectivity index (χ0n) is 11.0. The summed E-state index contributed by atoms with van der Waals surface area (Å²) in [6.45, 7) is 1.24. The molecule has 1 aromatic carbocycles. The lowest BCUT2D eigenvalue weighted by atomic mass is 10.3. The number of nitrogens with zero attached hydrogens (tertiary/aromatic N) is 1. The second-order valence-electron chi connectivity index (χ2n) is 4.03. The Balaban J connectivity index is 2.38. The highest BCUT2D eigenvalue weighted by Gasteiger charge is 2.09. The Kier molecular flexibility index (Phi) is 6.99. The van der Waals surface area contributed by atoms with E-state index in [1.807, 2.05) is 0 Å². The summed E-state index contributed by atoms with van der Waals surface area (Å²) in [5.74, 6) is 0.426. The zero-order chi connectivity index (χ0) is 14.3. The van der Waals surface area contributed by atoms with E-state index < -0.39 is 0 Å². The van der Waals surface area contributed by atoms with E-state index in [2.05, 4.69) is 0 Å². The van der Waals surface area contributed by atoms with Crippen LogP contribution in [0.5, 0.6) is 5.75 Å². The van der Waals surface area contributed by atoms with Gasteiger partial charge in [0.05, 0.1) is 10.0 Å². The molecule has 0 aliphatic rings. The summed E-state index contributed by atoms with van der Waals surface area (Å²) < 4.78 is 10.3. The molecule has 0 bridgehead atoms. The van der Waals surface area contributed by atoms with Crippen molar-refractivity contribution < 1.29 is 14.3 Å². The molecule has 6 heteroatoms. The first-order valence-corrected chi connectivity index (χ1v) is 6.61. The van der Waals surface area contributed by atoms with Crippen LogP contribution in [0.4, 0.5) is 0 Å². The molecule has 0 aliphatic heterocycles. The van der Waals surface area contributed by atoms with Gasteiger partial charge in [0.25, 0.3) is 5.91 Å². The third-order valence-electron chi connectivity index (χ3n) is 2.52. The molecule has 0 unspecified atom stereocenters. The van der Waals surface area contributed by atoms with E-state index >= 15 is 0 Å². The molecule has 0 saturated heterocycles. The molecule has 1 aromatic rings. The molecule has 0 atom stereocenters. The van der Waals surface area contributed by atoms with Gasteiger partial charge < -0.3 is 14.4 Å². The number of benzene rings is 1. The van der Waals surface area contributed by atoms with Crippen molar-refractivity contribution in [1.29, 1.82) is 0 Å². The summed E-state index contributed by atoms with van der Waals surface area (Å²) in [6, 6.07) is 4.89. The van der Waals surface area contributed by atoms with E-state index in [0.29, 0.717) is 28.9 Å². The monoisotopic (exact) mass is 305 g/mol. The first-order chi connectivity index (χ1) is 9.04. The number of halogens is 2. The minimum atomic E-state index is -0.0952. The summed E-state index contributed by atoms with van der Waals surface area (Å²) in [4.78, 5) is 13.4. The van der Waals surface area contributed by atoms with Crippen LogP contribution in [-0.4, -0.2) is 44.7 Å². The maximum Gasteiger partial charge on any atom is 0.260 e. The van der Waals surface area contributed by atoms with Crippen molar-refractivity contribution in [2.24, 2.45) is 0 Å². The predicted octanol–water partition coefficient (Wildman–Crippen LogP) is 2.87. The molecule has 0 aliphatic carbocycles. The molecule has 1 rings (SSSR count). The molecule has 0 saturated carbocycles. The Bertz CT molecular complexity index is 426. The Labute approximate surface area is 123 Å². The number of carbonyl (C=O) groups is 1. The average Bonchev–Trinajstić information content (AvgIpc) is 2.40. The fourth-order valence-corrected chi connectivity index (χ4v) is 1.68. The van der Waals surface area contributed by atoms with Gasteiger partial charge in [-0.25, -0.2) is 0 Å². The third-order valence-corrected chi connectivity index (χ3v) is 3.26. The minimum absolute atomic E-state index is 0.0263. The first kappa shape index (κ1) is 16.1. The second-order valence-corrected chi connectivity index (χ2v) is 4.84. The van der Waals surface area contributed by atoms with Gasteiger partial charge in [-0.15, -0.1) is 0 Å². The van der Waals surface area contributed by atoms with E-state index in [1.165, 1.54) is 0 Å². The van der Waals surface area contributed by atoms with Crippen molar-refractivity contribution in [2.75, 3.05) is 33.9 Å². The van der Waals surface area contributed by atoms with Crippen LogP contribution >= 0.6 is 23.2 Å². The molecule has 0 spiro atoms. The SMILES string of the molecule is COCCCN(C)C(=O)COc1ccc(Cl)c(Cl)c1. The number of methoxy groups -OCH3 is 1. The molecule has 19 heavy (non-hydrogen) atoms. The van der Waals surface area contributed by atoms with E-state index in [1.54, 1.807) is 37.3 Å². The van der Waals surface area contributed by atoms with Crippen molar-refractivity contribution in [3.05, 3.63) is 28.2 Å². The zero-order valence-corrected chi connectivity index (χ0v) is 12.5. The maximum atomic E-state index is 11.8. The number of hydrogen-bond donors (Lipinski definition) is 0. The fraction of sp³-hybridized carbons (Fsp3) is 0.462. The summed E-state index contributed by atoms with van der Waals surface area (Å²) in [7, 11) is 3.37. The standard InChI is InChI=1S/C13H17Cl2NO3/c1-16(6-3-7-18-2)13(17)9-19-10-4-5-11(14)12(15)8-10/h4-5,8H,3,6-7,9H2,1-2H3. The van der Waals surface area contributed by atoms with Gasteiger partial charge in [0.15, 0.2) is 6.61 Å². The Morgan fingerprint density at radius 3 is 2.68 bits per heavy atom. The molecule has 0 aromatic heterocycles. The van der Waals surface area contributed by atoms with Crippen LogP contribution in [0.15, 0.2) is 18.2 Å². The highest BCUT2D eigenvalue weighted by Crippen LogP contribution is 2.26. The molecule has 0 heterocycles. The van der Waals surface area contributed by atoms with Gasteiger partial charge >= 0.3 is 0 Å². The molecule has 1 amide bonds. The topological polar surface area (TPSA) is 38.8 Å². The van der Waals surface area contributed by atoms with Crippen molar-refractivity contribution >= 4 is 29.1 Å². The van der Waals surface area contributed by atoms with Gasteiger partial charge in [-0.05, 0) is 18.6 Å². The van der Waals surface area contributed by atoms with Crippen molar-refractivity contribution in [1.82, 2.24) is 4.90 Å². The van der Waals surface area contributed by atoms with Crippen LogP contribution in [0.2, 0.25) is 10.0 Å². The van der Waals surface area contributed by atoms with Gasteiger partial charge in [0.1, 0.15) is 5.75 Å². The smallest absolute Gasteiger partial charge is 0.260 e. The molecule has 0 fully saturated rings. The lowest BCUT2D eigenvalue weighted by Crippen LogP contribution is -2.32. The highest BCUT2D eigenvalue weighted by atomic mass is 35.5. The van der Waals surface area contributed by atoms with Crippen LogP contribution in [0.3, 0.4) is 0 Å². The Hall–Kier alpha value is -0.970. The van der Waals surface area contributed by atoms with Gasteiger partial charge in [0.2, 0.25) is 0 Å². The van der Waals surface area contributed by atoms with Gasteiger partial charge in [-0.3, -0.25) is 4.79 Å². The number of amides is 1. The quantitative estimate of drug-likeness (QED) is 0.727. The summed E-state index contributed by atoms with van der Waals surface area (Å²) >= 11 is 11.6. The average molecular weight is 306 g/mol. The lowest BCUT2D eigenvalue weighted by Gasteiger charge is -2.17. The lowest BCUT2D eigenvalue weighted by molar-refractivity contribution is -0.132. The number of hydrogen-bond acceptors (Lipinski definition) is 3.